The number of oxazole rings is 1. The van der Waals surface area contributed by atoms with E-state index in [1.807, 2.05) is 18.7 Å². The van der Waals surface area contributed by atoms with Crippen LogP contribution in [0.15, 0.2) is 22.6 Å². The summed E-state index contributed by atoms with van der Waals surface area (Å²) in [5.41, 5.74) is 1.47. The van der Waals surface area contributed by atoms with Gasteiger partial charge in [0, 0.05) is 24.6 Å². The molecule has 3 heterocycles. The standard InChI is InChI=1S/C21H22F3N5O4S/c1-9-5-15-17(34-19(26-15)28-18(31)25-11-6-12(30)7-11)10(2)29(9)20-27-14-8-13(33-21(22,23)24)3-4-16(14)32-20/h3-4,8-12,30H,5-7H2,1-2H3,(H2,25,26,28,31)/t9-,10+,11-,12-/m1/s1. The van der Waals surface area contributed by atoms with Gasteiger partial charge in [0.1, 0.15) is 11.3 Å². The first-order valence-corrected chi connectivity index (χ1v) is 11.6. The number of fused-ring (bicyclic) bond motifs is 2. The van der Waals surface area contributed by atoms with Crippen LogP contribution in [0.5, 0.6) is 5.75 Å². The Morgan fingerprint density at radius 1 is 1.29 bits per heavy atom. The van der Waals surface area contributed by atoms with Gasteiger partial charge in [0.05, 0.1) is 22.7 Å². The van der Waals surface area contributed by atoms with Crippen LogP contribution < -0.4 is 20.3 Å². The van der Waals surface area contributed by atoms with E-state index in [1.165, 1.54) is 29.5 Å². The number of urea groups is 1. The highest BCUT2D eigenvalue weighted by molar-refractivity contribution is 7.16. The number of hydrogen-bond donors (Lipinski definition) is 3. The van der Waals surface area contributed by atoms with E-state index in [0.29, 0.717) is 30.0 Å². The summed E-state index contributed by atoms with van der Waals surface area (Å²) in [6.45, 7) is 3.94. The van der Waals surface area contributed by atoms with Crippen LogP contribution in [-0.2, 0) is 6.42 Å². The van der Waals surface area contributed by atoms with Crippen molar-refractivity contribution in [2.75, 3.05) is 10.2 Å². The monoisotopic (exact) mass is 497 g/mol. The summed E-state index contributed by atoms with van der Waals surface area (Å²) in [5.74, 6) is -0.366. The van der Waals surface area contributed by atoms with E-state index in [2.05, 4.69) is 25.3 Å². The number of ether oxygens (including phenoxy) is 1. The summed E-state index contributed by atoms with van der Waals surface area (Å²) in [4.78, 5) is 24.1. The van der Waals surface area contributed by atoms with E-state index in [-0.39, 0.29) is 47.5 Å². The maximum atomic E-state index is 12.5. The highest BCUT2D eigenvalue weighted by atomic mass is 32.1. The molecule has 0 saturated heterocycles. The Hall–Kier alpha value is -3.06. The van der Waals surface area contributed by atoms with Crippen LogP contribution in [-0.4, -0.2) is 45.7 Å². The lowest BCUT2D eigenvalue weighted by molar-refractivity contribution is -0.274. The molecule has 9 nitrogen and oxygen atoms in total. The van der Waals surface area contributed by atoms with Gasteiger partial charge >= 0.3 is 12.4 Å². The van der Waals surface area contributed by atoms with Crippen molar-refractivity contribution in [3.8, 4) is 5.75 Å². The van der Waals surface area contributed by atoms with Gasteiger partial charge in [0.2, 0.25) is 0 Å². The number of thiazole rings is 1. The summed E-state index contributed by atoms with van der Waals surface area (Å²) >= 11 is 1.35. The number of aliphatic hydroxyl groups excluding tert-OH is 1. The fraction of sp³-hybridized carbons (Fsp3) is 0.476. The Kier molecular flexibility index (Phi) is 5.55. The second-order valence-electron chi connectivity index (χ2n) is 8.56. The summed E-state index contributed by atoms with van der Waals surface area (Å²) in [5, 5.41) is 15.4. The van der Waals surface area contributed by atoms with Crippen LogP contribution in [0, 0.1) is 0 Å². The molecule has 1 fully saturated rings. The molecule has 2 aliphatic rings. The molecule has 1 aromatic carbocycles. The van der Waals surface area contributed by atoms with Crippen molar-refractivity contribution in [3.05, 3.63) is 28.8 Å². The lowest BCUT2D eigenvalue weighted by Gasteiger charge is -2.36. The van der Waals surface area contributed by atoms with Gasteiger partial charge < -0.3 is 24.5 Å². The molecular weight excluding hydrogens is 475 g/mol. The quantitative estimate of drug-likeness (QED) is 0.492. The Morgan fingerprint density at radius 3 is 2.76 bits per heavy atom. The predicted molar refractivity (Wildman–Crippen MR) is 118 cm³/mol. The number of anilines is 2. The molecule has 1 aliphatic heterocycles. The van der Waals surface area contributed by atoms with E-state index in [4.69, 9.17) is 4.42 Å². The fourth-order valence-corrected chi connectivity index (χ4v) is 5.40. The van der Waals surface area contributed by atoms with Gasteiger partial charge in [-0.1, -0.05) is 11.3 Å². The first kappa shape index (κ1) is 22.7. The lowest BCUT2D eigenvalue weighted by Crippen LogP contribution is -2.48. The van der Waals surface area contributed by atoms with Crippen LogP contribution >= 0.6 is 11.3 Å². The second kappa shape index (κ2) is 8.31. The first-order chi connectivity index (χ1) is 16.1. The Morgan fingerprint density at radius 2 is 2.06 bits per heavy atom. The largest absolute Gasteiger partial charge is 0.573 e. The Balaban J connectivity index is 1.34. The van der Waals surface area contributed by atoms with Crippen molar-refractivity contribution in [2.45, 2.75) is 63.7 Å². The van der Waals surface area contributed by atoms with Gasteiger partial charge in [-0.25, -0.2) is 9.78 Å². The van der Waals surface area contributed by atoms with Gasteiger partial charge in [-0.15, -0.1) is 13.2 Å². The molecule has 0 bridgehead atoms. The number of nitrogens with zero attached hydrogens (tertiary/aromatic N) is 3. The average Bonchev–Trinajstić information content (AvgIpc) is 3.28. The molecule has 182 valence electrons. The third-order valence-corrected chi connectivity index (χ3v) is 7.14. The zero-order valence-corrected chi connectivity index (χ0v) is 19.0. The molecular formula is C21H22F3N5O4S. The number of rotatable bonds is 4. The molecule has 2 amide bonds. The van der Waals surface area contributed by atoms with E-state index < -0.39 is 6.36 Å². The number of hydrogen-bond acceptors (Lipinski definition) is 8. The van der Waals surface area contributed by atoms with Gasteiger partial charge in [0.25, 0.3) is 6.01 Å². The molecule has 2 atom stereocenters. The molecule has 1 aliphatic carbocycles. The SMILES string of the molecule is C[C@@H]1Cc2nc(NC(=O)N[C@H]3C[C@H](O)C3)sc2[C@H](C)N1c1nc2cc(OC(F)(F)F)ccc2o1. The highest BCUT2D eigenvalue weighted by Crippen LogP contribution is 2.41. The Labute approximate surface area is 195 Å². The molecule has 3 aromatic rings. The molecule has 1 saturated carbocycles. The maximum absolute atomic E-state index is 12.5. The third kappa shape index (κ3) is 4.49. The van der Waals surface area contributed by atoms with Crippen LogP contribution in [0.3, 0.4) is 0 Å². The minimum Gasteiger partial charge on any atom is -0.423 e. The number of aliphatic hydroxyl groups is 1. The molecule has 2 aromatic heterocycles. The van der Waals surface area contributed by atoms with Crippen molar-refractivity contribution < 1.29 is 32.2 Å². The number of alkyl halides is 3. The molecule has 5 rings (SSSR count). The zero-order valence-electron chi connectivity index (χ0n) is 18.2. The van der Waals surface area contributed by atoms with Crippen LogP contribution in [0.4, 0.5) is 29.1 Å². The number of benzene rings is 1. The number of carbonyl (C=O) groups excluding carboxylic acids is 1. The first-order valence-electron chi connectivity index (χ1n) is 10.8. The average molecular weight is 497 g/mol. The number of halogens is 3. The Bertz CT molecular complexity index is 1220. The number of amides is 2. The summed E-state index contributed by atoms with van der Waals surface area (Å²) in [6.07, 6.45) is -3.49. The molecule has 0 spiro atoms. The van der Waals surface area contributed by atoms with Gasteiger partial charge in [0.15, 0.2) is 10.7 Å². The highest BCUT2D eigenvalue weighted by Gasteiger charge is 2.36. The second-order valence-corrected chi connectivity index (χ2v) is 9.59. The van der Waals surface area contributed by atoms with E-state index in [9.17, 15) is 23.1 Å². The normalized spacial score (nSPS) is 24.5. The maximum Gasteiger partial charge on any atom is 0.573 e. The summed E-state index contributed by atoms with van der Waals surface area (Å²) in [7, 11) is 0. The minimum atomic E-state index is -4.79. The third-order valence-electron chi connectivity index (χ3n) is 5.96. The van der Waals surface area contributed by atoms with Gasteiger partial charge in [-0.3, -0.25) is 5.32 Å². The lowest BCUT2D eigenvalue weighted by atomic mass is 9.90. The van der Waals surface area contributed by atoms with Crippen molar-refractivity contribution >= 4 is 39.6 Å². The zero-order chi connectivity index (χ0) is 24.2. The van der Waals surface area contributed by atoms with Crippen LogP contribution in [0.2, 0.25) is 0 Å². The molecule has 0 radical (unpaired) electrons. The molecule has 34 heavy (non-hydrogen) atoms. The minimum absolute atomic E-state index is 0.0415. The van der Waals surface area contributed by atoms with Gasteiger partial charge in [-0.2, -0.15) is 4.98 Å². The predicted octanol–water partition coefficient (Wildman–Crippen LogP) is 4.34. The van der Waals surface area contributed by atoms with Crippen molar-refractivity contribution in [1.82, 2.24) is 15.3 Å². The van der Waals surface area contributed by atoms with Crippen LogP contribution in [0.1, 0.15) is 43.3 Å². The topological polar surface area (TPSA) is 113 Å². The number of carbonyl (C=O) groups is 1. The summed E-state index contributed by atoms with van der Waals surface area (Å²) < 4.78 is 47.5. The fourth-order valence-electron chi connectivity index (χ4n) is 4.36. The molecule has 3 N–H and O–H groups in total. The van der Waals surface area contributed by atoms with E-state index in [0.717, 1.165) is 10.6 Å². The van der Waals surface area contributed by atoms with E-state index in [1.54, 1.807) is 0 Å². The smallest absolute Gasteiger partial charge is 0.423 e. The number of aromatic nitrogens is 2. The van der Waals surface area contributed by atoms with Gasteiger partial charge in [-0.05, 0) is 38.8 Å². The van der Waals surface area contributed by atoms with Crippen molar-refractivity contribution in [1.29, 1.82) is 0 Å². The van der Waals surface area contributed by atoms with Crippen molar-refractivity contribution in [3.63, 3.8) is 0 Å². The van der Waals surface area contributed by atoms with Crippen LogP contribution in [0.25, 0.3) is 11.1 Å². The van der Waals surface area contributed by atoms with E-state index >= 15 is 0 Å². The molecule has 13 heteroatoms. The van der Waals surface area contributed by atoms with Crippen molar-refractivity contribution in [2.24, 2.45) is 0 Å². The molecule has 0 unspecified atom stereocenters. The summed E-state index contributed by atoms with van der Waals surface area (Å²) in [6, 6.07) is 3.41. The number of nitrogens with one attached hydrogen (secondary N) is 2.